The van der Waals surface area contributed by atoms with E-state index in [-0.39, 0.29) is 30.3 Å². The molecule has 1 saturated heterocycles. The smallest absolute Gasteiger partial charge is 0.281 e. The molecule has 4 aliphatic rings. The summed E-state index contributed by atoms with van der Waals surface area (Å²) in [5, 5.41) is 2.22. The third-order valence-corrected chi connectivity index (χ3v) is 9.40. The van der Waals surface area contributed by atoms with E-state index in [9.17, 15) is 14.4 Å². The predicted octanol–water partition coefficient (Wildman–Crippen LogP) is 4.55. The van der Waals surface area contributed by atoms with Crippen LogP contribution in [0.5, 0.6) is 0 Å². The number of nitrogens with zero attached hydrogens (tertiary/aromatic N) is 7. The van der Waals surface area contributed by atoms with Crippen LogP contribution in [0.3, 0.4) is 0 Å². The first-order valence-corrected chi connectivity index (χ1v) is 15.9. The highest BCUT2D eigenvalue weighted by Crippen LogP contribution is 2.37. The molecule has 1 fully saturated rings. The summed E-state index contributed by atoms with van der Waals surface area (Å²) in [5.74, 6) is 7.32. The summed E-state index contributed by atoms with van der Waals surface area (Å²) in [7, 11) is 0. The van der Waals surface area contributed by atoms with Gasteiger partial charge in [0.25, 0.3) is 17.7 Å². The van der Waals surface area contributed by atoms with Gasteiger partial charge in [0.1, 0.15) is 0 Å². The maximum absolute atomic E-state index is 14.6. The van der Waals surface area contributed by atoms with Crippen molar-refractivity contribution >= 4 is 46.2 Å². The Labute approximate surface area is 266 Å². The molecule has 46 heavy (non-hydrogen) atoms. The average Bonchev–Trinajstić information content (AvgIpc) is 3.60. The molecule has 0 aliphatic carbocycles. The Hall–Kier alpha value is -5.43. The Balaban J connectivity index is 1.17. The van der Waals surface area contributed by atoms with Crippen LogP contribution < -0.4 is 9.80 Å². The molecule has 0 radical (unpaired) electrons. The molecule has 0 N–H and O–H groups in total. The number of fused-ring (bicyclic) bond motifs is 5. The van der Waals surface area contributed by atoms with Gasteiger partial charge in [-0.3, -0.25) is 38.6 Å². The van der Waals surface area contributed by atoms with E-state index < -0.39 is 0 Å². The van der Waals surface area contributed by atoms with E-state index >= 15 is 0 Å². The third-order valence-electron chi connectivity index (χ3n) is 9.40. The topological polar surface area (TPSA) is 94.3 Å². The van der Waals surface area contributed by atoms with Crippen molar-refractivity contribution in [3.63, 3.8) is 0 Å². The number of carbonyl (C=O) groups is 3. The molecule has 1 aromatic heterocycles. The zero-order chi connectivity index (χ0) is 31.4. The Kier molecular flexibility index (Phi) is 6.82. The molecule has 0 spiro atoms. The van der Waals surface area contributed by atoms with Gasteiger partial charge < -0.3 is 4.90 Å². The SMILES string of the molecule is CC#CCn1c(N2CCC[C@@H](N3C(=O)c4ccccc4C3=O)C2)nc2c1C(=O)N(Cc1cccc3ccccc13)C1=NCCCN12. The highest BCUT2D eigenvalue weighted by molar-refractivity contribution is 6.21. The van der Waals surface area contributed by atoms with Crippen LogP contribution in [-0.4, -0.2) is 75.3 Å². The van der Waals surface area contributed by atoms with Gasteiger partial charge in [0.15, 0.2) is 11.5 Å². The van der Waals surface area contributed by atoms with Crippen LogP contribution in [-0.2, 0) is 13.1 Å². The number of piperidine rings is 1. The van der Waals surface area contributed by atoms with Gasteiger partial charge in [0.2, 0.25) is 11.9 Å². The van der Waals surface area contributed by atoms with Crippen LogP contribution >= 0.6 is 0 Å². The van der Waals surface area contributed by atoms with Gasteiger partial charge in [-0.25, -0.2) is 0 Å². The second-order valence-corrected chi connectivity index (χ2v) is 12.1. The number of aliphatic imine (C=N–C) groups is 1. The average molecular weight is 612 g/mol. The van der Waals surface area contributed by atoms with E-state index in [4.69, 9.17) is 9.98 Å². The fourth-order valence-electron chi connectivity index (χ4n) is 7.25. The molecule has 10 heteroatoms. The molecule has 1 atom stereocenters. The van der Waals surface area contributed by atoms with Gasteiger partial charge in [-0.05, 0) is 54.7 Å². The number of amides is 3. The minimum Gasteiger partial charge on any atom is -0.340 e. The number of aromatic nitrogens is 2. The zero-order valence-corrected chi connectivity index (χ0v) is 25.6. The predicted molar refractivity (Wildman–Crippen MR) is 176 cm³/mol. The van der Waals surface area contributed by atoms with Crippen LogP contribution in [0.25, 0.3) is 10.8 Å². The van der Waals surface area contributed by atoms with E-state index in [0.717, 1.165) is 29.2 Å². The minimum atomic E-state index is -0.314. The third kappa shape index (κ3) is 4.37. The van der Waals surface area contributed by atoms with Crippen molar-refractivity contribution in [3.05, 3.63) is 89.1 Å². The lowest BCUT2D eigenvalue weighted by Gasteiger charge is -2.38. The minimum absolute atomic E-state index is 0.162. The van der Waals surface area contributed by atoms with Crippen LogP contribution in [0.4, 0.5) is 11.8 Å². The molecule has 4 aromatic rings. The van der Waals surface area contributed by atoms with Gasteiger partial charge in [-0.2, -0.15) is 4.98 Å². The first kappa shape index (κ1) is 28.1. The van der Waals surface area contributed by atoms with E-state index in [0.29, 0.717) is 73.7 Å². The molecular formula is C36H33N7O3. The van der Waals surface area contributed by atoms with E-state index in [1.807, 2.05) is 22.8 Å². The van der Waals surface area contributed by atoms with Crippen LogP contribution in [0, 0.1) is 11.8 Å². The molecule has 0 bridgehead atoms. The number of guanidine groups is 1. The molecule has 3 amide bonds. The highest BCUT2D eigenvalue weighted by Gasteiger charge is 2.44. The van der Waals surface area contributed by atoms with Crippen molar-refractivity contribution in [3.8, 4) is 11.8 Å². The number of imide groups is 1. The quantitative estimate of drug-likeness (QED) is 0.243. The first-order chi connectivity index (χ1) is 22.5. The number of imidazole rings is 1. The number of anilines is 2. The molecule has 5 heterocycles. The summed E-state index contributed by atoms with van der Waals surface area (Å²) < 4.78 is 1.92. The normalized spacial score (nSPS) is 19.1. The number of hydrogen-bond donors (Lipinski definition) is 0. The van der Waals surface area contributed by atoms with Gasteiger partial charge in [0, 0.05) is 26.2 Å². The fraction of sp³-hybridized carbons (Fsp3) is 0.306. The molecule has 8 rings (SSSR count). The van der Waals surface area contributed by atoms with Crippen LogP contribution in [0.1, 0.15) is 63.0 Å². The monoisotopic (exact) mass is 611 g/mol. The lowest BCUT2D eigenvalue weighted by Crippen LogP contribution is -2.54. The molecule has 10 nitrogen and oxygen atoms in total. The van der Waals surface area contributed by atoms with Gasteiger partial charge >= 0.3 is 0 Å². The molecule has 0 unspecified atom stereocenters. The summed E-state index contributed by atoms with van der Waals surface area (Å²) in [5.41, 5.74) is 2.44. The number of rotatable bonds is 5. The maximum atomic E-state index is 14.6. The molecule has 230 valence electrons. The number of hydrogen-bond acceptors (Lipinski definition) is 7. The largest absolute Gasteiger partial charge is 0.340 e. The standard InChI is InChI=1S/C36H33N7O3/c1-2-3-20-40-30-31(38-36(40)39-19-9-14-26(23-39)43-32(44)28-16-6-7-17-29(28)33(43)45)41-21-10-18-37-35(41)42(34(30)46)22-25-13-8-12-24-11-4-5-15-27(24)25/h4-8,11-13,15-17,26H,9-10,14,18-23H2,1H3/t26-/m1/s1. The summed E-state index contributed by atoms with van der Waals surface area (Å²) in [6, 6.07) is 21.1. The molecular weight excluding hydrogens is 578 g/mol. The summed E-state index contributed by atoms with van der Waals surface area (Å²) in [6.45, 7) is 4.89. The van der Waals surface area contributed by atoms with Crippen molar-refractivity contribution in [2.24, 2.45) is 4.99 Å². The van der Waals surface area contributed by atoms with Crippen molar-refractivity contribution in [1.82, 2.24) is 19.4 Å². The number of benzene rings is 3. The Bertz CT molecular complexity index is 1980. The lowest BCUT2D eigenvalue weighted by atomic mass is 10.0. The van der Waals surface area contributed by atoms with Crippen molar-refractivity contribution in [1.29, 1.82) is 0 Å². The van der Waals surface area contributed by atoms with Crippen LogP contribution in [0.15, 0.2) is 71.7 Å². The van der Waals surface area contributed by atoms with Crippen LogP contribution in [0.2, 0.25) is 0 Å². The number of carbonyl (C=O) groups excluding carboxylic acids is 3. The molecule has 4 aliphatic heterocycles. The molecule has 3 aromatic carbocycles. The first-order valence-electron chi connectivity index (χ1n) is 15.9. The molecule has 0 saturated carbocycles. The maximum Gasteiger partial charge on any atom is 0.281 e. The second-order valence-electron chi connectivity index (χ2n) is 12.1. The van der Waals surface area contributed by atoms with Gasteiger partial charge in [-0.1, -0.05) is 60.5 Å². The zero-order valence-electron chi connectivity index (χ0n) is 25.6. The highest BCUT2D eigenvalue weighted by atomic mass is 16.2. The summed E-state index contributed by atoms with van der Waals surface area (Å²) in [6.07, 6.45) is 2.33. The van der Waals surface area contributed by atoms with Crippen molar-refractivity contribution in [2.45, 2.75) is 45.3 Å². The van der Waals surface area contributed by atoms with Gasteiger partial charge in [0.05, 0.1) is 30.3 Å². The Morgan fingerprint density at radius 2 is 1.63 bits per heavy atom. The van der Waals surface area contributed by atoms with E-state index in [2.05, 4.69) is 45.9 Å². The fourth-order valence-corrected chi connectivity index (χ4v) is 7.25. The van der Waals surface area contributed by atoms with Crippen molar-refractivity contribution < 1.29 is 14.4 Å². The Morgan fingerprint density at radius 3 is 2.43 bits per heavy atom. The Morgan fingerprint density at radius 1 is 0.870 bits per heavy atom. The van der Waals surface area contributed by atoms with E-state index in [1.165, 1.54) is 4.90 Å². The van der Waals surface area contributed by atoms with Crippen molar-refractivity contribution in [2.75, 3.05) is 36.0 Å². The summed E-state index contributed by atoms with van der Waals surface area (Å²) >= 11 is 0. The second kappa shape index (κ2) is 11.2. The van der Waals surface area contributed by atoms with Gasteiger partial charge in [-0.15, -0.1) is 5.92 Å². The van der Waals surface area contributed by atoms with E-state index in [1.54, 1.807) is 36.1 Å². The summed E-state index contributed by atoms with van der Waals surface area (Å²) in [4.78, 5) is 58.6. The lowest BCUT2D eigenvalue weighted by molar-refractivity contribution is 0.0569.